The summed E-state index contributed by atoms with van der Waals surface area (Å²) in [5.41, 5.74) is 6.29. The van der Waals surface area contributed by atoms with Gasteiger partial charge in [-0.1, -0.05) is 36.4 Å². The number of hydrogen-bond acceptors (Lipinski definition) is 13. The van der Waals surface area contributed by atoms with Crippen molar-refractivity contribution in [2.75, 3.05) is 89.1 Å². The summed E-state index contributed by atoms with van der Waals surface area (Å²) in [6.07, 6.45) is 7.44. The average Bonchev–Trinajstić information content (AvgIpc) is 3.70. The maximum absolute atomic E-state index is 13.0. The number of pyridine rings is 4. The molecule has 4 aliphatic heterocycles. The number of carbonyl (C=O) groups is 5. The molecule has 4 aliphatic rings. The van der Waals surface area contributed by atoms with Gasteiger partial charge in [0.25, 0.3) is 23.6 Å². The van der Waals surface area contributed by atoms with Crippen LogP contribution in [-0.4, -0.2) is 114 Å². The summed E-state index contributed by atoms with van der Waals surface area (Å²) in [4.78, 5) is 88.0. The molecule has 18 heteroatoms. The van der Waals surface area contributed by atoms with Crippen LogP contribution in [0.2, 0.25) is 0 Å². The third kappa shape index (κ3) is 9.26. The van der Waals surface area contributed by atoms with Crippen LogP contribution in [0.4, 0.5) is 34.4 Å². The summed E-state index contributed by atoms with van der Waals surface area (Å²) in [5, 5.41) is 21.7. The van der Waals surface area contributed by atoms with Crippen LogP contribution in [0.5, 0.6) is 0 Å². The average molecular weight is 887 g/mol. The molecule has 6 aromatic rings. The lowest BCUT2D eigenvalue weighted by atomic mass is 9.99. The molecule has 5 N–H and O–H groups in total. The lowest BCUT2D eigenvalue weighted by Gasteiger charge is -2.30. The number of benzene rings is 2. The molecule has 4 aromatic heterocycles. The number of rotatable bonds is 9. The Morgan fingerprint density at radius 2 is 1.12 bits per heavy atom. The number of aromatic carboxylic acids is 1. The van der Waals surface area contributed by atoms with E-state index in [9.17, 15) is 29.1 Å². The number of carbonyl (C=O) groups excluding carboxylic acids is 4. The second-order valence-corrected chi connectivity index (χ2v) is 15.9. The summed E-state index contributed by atoms with van der Waals surface area (Å²) in [5.74, 6) is -1.49. The van der Waals surface area contributed by atoms with Gasteiger partial charge < -0.3 is 36.2 Å². The number of amides is 4. The number of nitrogens with one attached hydrogen (secondary N) is 4. The Morgan fingerprint density at radius 3 is 1.70 bits per heavy atom. The molecule has 10 rings (SSSR count). The van der Waals surface area contributed by atoms with E-state index < -0.39 is 11.9 Å². The van der Waals surface area contributed by atoms with Gasteiger partial charge in [0.05, 0.1) is 47.3 Å². The molecular weight excluding hydrogens is 841 g/mol. The smallest absolute Gasteiger partial charge is 0.335 e. The SMILES string of the molecule is O=C(Nc1cnccc1N1CCNCC1)c1cccc(N2CCc3ccccc3C2=O)n1.O=C(O)c1ccc2c(c1)C(=O)N(c1cccc(C(=O)Nc3cnccc3N3CCNCC3)n1)C2. The second kappa shape index (κ2) is 19.3. The maximum Gasteiger partial charge on any atom is 0.335 e. The quantitative estimate of drug-likeness (QED) is 0.137. The molecule has 0 radical (unpaired) electrons. The van der Waals surface area contributed by atoms with Crippen molar-refractivity contribution < 1.29 is 29.1 Å². The van der Waals surface area contributed by atoms with Gasteiger partial charge in [-0.15, -0.1) is 0 Å². The van der Waals surface area contributed by atoms with Crippen LogP contribution in [0.1, 0.15) is 63.2 Å². The molecule has 8 heterocycles. The largest absolute Gasteiger partial charge is 0.478 e. The summed E-state index contributed by atoms with van der Waals surface area (Å²) in [7, 11) is 0. The van der Waals surface area contributed by atoms with Crippen LogP contribution in [0, 0.1) is 0 Å². The van der Waals surface area contributed by atoms with Crippen molar-refractivity contribution in [3.8, 4) is 0 Å². The van der Waals surface area contributed by atoms with E-state index in [1.165, 1.54) is 17.0 Å². The van der Waals surface area contributed by atoms with E-state index in [4.69, 9.17) is 0 Å². The highest BCUT2D eigenvalue weighted by Crippen LogP contribution is 2.30. The minimum atomic E-state index is -1.10. The van der Waals surface area contributed by atoms with Gasteiger partial charge in [0.1, 0.15) is 23.0 Å². The van der Waals surface area contributed by atoms with Gasteiger partial charge in [-0.25, -0.2) is 14.8 Å². The van der Waals surface area contributed by atoms with E-state index in [2.05, 4.69) is 51.0 Å². The topological polar surface area (TPSA) is 218 Å². The van der Waals surface area contributed by atoms with Gasteiger partial charge in [0, 0.05) is 82.4 Å². The molecule has 0 aliphatic carbocycles. The minimum absolute atomic E-state index is 0.0480. The highest BCUT2D eigenvalue weighted by molar-refractivity contribution is 6.11. The predicted octanol–water partition coefficient (Wildman–Crippen LogP) is 4.34. The first-order valence-corrected chi connectivity index (χ1v) is 21.7. The highest BCUT2D eigenvalue weighted by atomic mass is 16.4. The van der Waals surface area contributed by atoms with E-state index in [-0.39, 0.29) is 41.2 Å². The Hall–Kier alpha value is -8.09. The number of carboxylic acid groups (broad SMARTS) is 1. The Balaban J connectivity index is 0.000000166. The van der Waals surface area contributed by atoms with E-state index in [0.717, 1.165) is 75.7 Å². The van der Waals surface area contributed by atoms with Crippen molar-refractivity contribution in [3.05, 3.63) is 155 Å². The molecule has 2 fully saturated rings. The fourth-order valence-corrected chi connectivity index (χ4v) is 8.37. The first-order chi connectivity index (χ1) is 32.2. The van der Waals surface area contributed by atoms with E-state index in [0.29, 0.717) is 46.2 Å². The van der Waals surface area contributed by atoms with Crippen molar-refractivity contribution in [2.45, 2.75) is 13.0 Å². The number of aromatic nitrogens is 4. The normalized spacial score (nSPS) is 15.6. The van der Waals surface area contributed by atoms with Crippen LogP contribution in [-0.2, 0) is 13.0 Å². The predicted molar refractivity (Wildman–Crippen MR) is 249 cm³/mol. The molecule has 0 unspecified atom stereocenters. The zero-order valence-electron chi connectivity index (χ0n) is 35.8. The van der Waals surface area contributed by atoms with E-state index in [1.807, 2.05) is 36.4 Å². The Morgan fingerprint density at radius 1 is 0.576 bits per heavy atom. The molecular formula is C48H46N12O6. The van der Waals surface area contributed by atoms with Gasteiger partial charge >= 0.3 is 5.97 Å². The van der Waals surface area contributed by atoms with E-state index in [1.54, 1.807) is 72.2 Å². The fourth-order valence-electron chi connectivity index (χ4n) is 8.37. The molecule has 0 bridgehead atoms. The van der Waals surface area contributed by atoms with Gasteiger partial charge in [0.2, 0.25) is 0 Å². The molecule has 0 saturated carbocycles. The number of piperazine rings is 2. The molecule has 2 aromatic carbocycles. The Labute approximate surface area is 379 Å². The van der Waals surface area contributed by atoms with E-state index >= 15 is 0 Å². The van der Waals surface area contributed by atoms with Crippen LogP contribution in [0.15, 0.2) is 116 Å². The molecule has 0 atom stereocenters. The maximum atomic E-state index is 13.0. The Kier molecular flexibility index (Phi) is 12.7. The van der Waals surface area contributed by atoms with Crippen LogP contribution in [0.3, 0.4) is 0 Å². The van der Waals surface area contributed by atoms with Crippen molar-refractivity contribution in [2.24, 2.45) is 0 Å². The van der Waals surface area contributed by atoms with Gasteiger partial charge in [-0.05, 0) is 72.1 Å². The molecule has 4 amide bonds. The minimum Gasteiger partial charge on any atom is -0.478 e. The monoisotopic (exact) mass is 886 g/mol. The summed E-state index contributed by atoms with van der Waals surface area (Å²) < 4.78 is 0. The van der Waals surface area contributed by atoms with Crippen molar-refractivity contribution in [1.82, 2.24) is 30.6 Å². The lowest BCUT2D eigenvalue weighted by Crippen LogP contribution is -2.43. The molecule has 334 valence electrons. The first kappa shape index (κ1) is 43.2. The summed E-state index contributed by atoms with van der Waals surface area (Å²) in [6, 6.07) is 25.9. The first-order valence-electron chi connectivity index (χ1n) is 21.7. The molecule has 18 nitrogen and oxygen atoms in total. The standard InChI is InChI=1S/C24H22N6O4.C24H24N6O2/c31-22(28-19-13-26-7-6-20(19)29-10-8-25-9-11-29)18-2-1-3-21(27-18)30-14-16-5-4-15(24(33)34)12-17(16)23(30)32;31-23(28-20-16-26-10-8-21(20)29-14-11-25-12-15-29)19-6-3-7-22(27-19)30-13-9-17-4-1-2-5-18(17)24(30)32/h1-7,12-13,25H,8-11,14H2,(H,28,31)(H,33,34);1-8,10,16,25H,9,11-15H2,(H,28,31). The number of anilines is 6. The fraction of sp³-hybridized carbons (Fsp3) is 0.229. The number of fused-ring (bicyclic) bond motifs is 2. The molecule has 0 spiro atoms. The van der Waals surface area contributed by atoms with Gasteiger partial charge in [-0.2, -0.15) is 0 Å². The van der Waals surface area contributed by atoms with Crippen LogP contribution >= 0.6 is 0 Å². The molecule has 66 heavy (non-hydrogen) atoms. The van der Waals surface area contributed by atoms with Crippen molar-refractivity contribution in [3.63, 3.8) is 0 Å². The Bertz CT molecular complexity index is 2830. The zero-order chi connectivity index (χ0) is 45.6. The second-order valence-electron chi connectivity index (χ2n) is 15.9. The third-order valence-electron chi connectivity index (χ3n) is 11.8. The van der Waals surface area contributed by atoms with Crippen molar-refractivity contribution in [1.29, 1.82) is 0 Å². The van der Waals surface area contributed by atoms with Crippen molar-refractivity contribution >= 4 is 64.0 Å². The lowest BCUT2D eigenvalue weighted by molar-refractivity contribution is 0.0696. The number of carboxylic acids is 1. The highest BCUT2D eigenvalue weighted by Gasteiger charge is 2.31. The third-order valence-corrected chi connectivity index (χ3v) is 11.8. The van der Waals surface area contributed by atoms with Crippen LogP contribution < -0.4 is 40.9 Å². The summed E-state index contributed by atoms with van der Waals surface area (Å²) in [6.45, 7) is 7.66. The number of nitrogens with zero attached hydrogens (tertiary/aromatic N) is 8. The summed E-state index contributed by atoms with van der Waals surface area (Å²) >= 11 is 0. The van der Waals surface area contributed by atoms with Gasteiger partial charge in [-0.3, -0.25) is 38.9 Å². The van der Waals surface area contributed by atoms with Crippen LogP contribution in [0.25, 0.3) is 0 Å². The zero-order valence-corrected chi connectivity index (χ0v) is 35.8. The number of hydrogen-bond donors (Lipinski definition) is 5. The molecule has 2 saturated heterocycles. The van der Waals surface area contributed by atoms with Gasteiger partial charge in [0.15, 0.2) is 0 Å².